The Balaban J connectivity index is 0. The summed E-state index contributed by atoms with van der Waals surface area (Å²) >= 11 is 0. The summed E-state index contributed by atoms with van der Waals surface area (Å²) in [6.45, 7) is 2.76. The van der Waals surface area contributed by atoms with Crippen molar-refractivity contribution in [3.63, 3.8) is 0 Å². The minimum Gasteiger partial charge on any atom is -0.397 e. The summed E-state index contributed by atoms with van der Waals surface area (Å²) in [5.41, 5.74) is 0. The number of hydrogen-bond acceptors (Lipinski definition) is 1. The van der Waals surface area contributed by atoms with Crippen molar-refractivity contribution in [3.05, 3.63) is 0 Å². The smallest absolute Gasteiger partial charge is 0.235 e. The molecule has 0 rings (SSSR count). The molecule has 0 atom stereocenters. The van der Waals surface area contributed by atoms with E-state index in [4.69, 9.17) is 5.11 Å². The Bertz CT molecular complexity index is 20.9. The zero-order valence-corrected chi connectivity index (χ0v) is 4.49. The predicted octanol–water partition coefficient (Wildman–Crippen LogP) is 1.27. The van der Waals surface area contributed by atoms with E-state index in [-0.39, 0.29) is 6.61 Å². The van der Waals surface area contributed by atoms with Crippen LogP contribution < -0.4 is 0 Å². The number of hydrogen-bond donors (Lipinski definition) is 1. The molecule has 0 aromatic rings. The molecule has 0 saturated carbocycles. The molecule has 0 aromatic heterocycles. The van der Waals surface area contributed by atoms with Crippen molar-refractivity contribution in [1.82, 2.24) is 0 Å². The van der Waals surface area contributed by atoms with E-state index in [1.807, 2.05) is 0 Å². The van der Waals surface area contributed by atoms with Gasteiger partial charge < -0.3 is 5.11 Å². The second-order valence-electron chi connectivity index (χ2n) is 0.835. The molecule has 0 saturated heterocycles. The average Bonchev–Trinajstić information content (AvgIpc) is 1.33. The lowest BCUT2D eigenvalue weighted by Gasteiger charge is -1.70. The predicted molar refractivity (Wildman–Crippen MR) is 24.4 cm³/mol. The van der Waals surface area contributed by atoms with Crippen molar-refractivity contribution in [1.29, 1.82) is 0 Å². The van der Waals surface area contributed by atoms with Crippen LogP contribution in [0, 0.1) is 0 Å². The van der Waals surface area contributed by atoms with E-state index < -0.39 is 6.43 Å². The molecule has 0 aromatic carbocycles. The Hall–Kier alpha value is -0.180. The van der Waals surface area contributed by atoms with Gasteiger partial charge in [-0.3, -0.25) is 0 Å². The molecule has 0 fully saturated rings. The molecule has 1 nitrogen and oxygen atoms in total. The lowest BCUT2D eigenvalue weighted by atomic mass is 10.9. The first-order valence-corrected chi connectivity index (χ1v) is 2.04. The van der Waals surface area contributed by atoms with Gasteiger partial charge in [-0.1, -0.05) is 0 Å². The highest BCUT2D eigenvalue weighted by atomic mass is 19.3. The van der Waals surface area contributed by atoms with Crippen LogP contribution in [0.1, 0.15) is 13.8 Å². The maximum Gasteiger partial charge on any atom is 0.235 e. The van der Waals surface area contributed by atoms with Gasteiger partial charge >= 0.3 is 0 Å². The van der Waals surface area contributed by atoms with Crippen LogP contribution in [0.4, 0.5) is 8.78 Å². The Morgan fingerprint density at radius 2 is 1.57 bits per heavy atom. The normalized spacial score (nSPS) is 7.71. The van der Waals surface area contributed by atoms with Crippen LogP contribution in [-0.2, 0) is 0 Å². The monoisotopic (exact) mass is 112 g/mol. The van der Waals surface area contributed by atoms with E-state index in [0.717, 1.165) is 6.92 Å². The van der Waals surface area contributed by atoms with Crippen LogP contribution >= 0.6 is 0 Å². The molecule has 7 heavy (non-hydrogen) atoms. The fourth-order valence-corrected chi connectivity index (χ4v) is 0. The summed E-state index contributed by atoms with van der Waals surface area (Å²) in [7, 11) is 0. The molecule has 0 bridgehead atoms. The fraction of sp³-hybridized carbons (Fsp3) is 1.00. The summed E-state index contributed by atoms with van der Waals surface area (Å²) in [5.74, 6) is 0. The lowest BCUT2D eigenvalue weighted by molar-refractivity contribution is 0.171. The Labute approximate surface area is 42.0 Å². The second-order valence-corrected chi connectivity index (χ2v) is 0.835. The van der Waals surface area contributed by atoms with Crippen molar-refractivity contribution in [2.75, 3.05) is 6.61 Å². The lowest BCUT2D eigenvalue weighted by Crippen LogP contribution is -1.69. The molecule has 0 spiro atoms. The van der Waals surface area contributed by atoms with Crippen LogP contribution in [0.5, 0.6) is 0 Å². The molecule has 3 heteroatoms. The third-order valence-corrected chi connectivity index (χ3v) is 0. The van der Waals surface area contributed by atoms with E-state index in [2.05, 4.69) is 0 Å². The molecule has 0 aliphatic heterocycles. The van der Waals surface area contributed by atoms with Gasteiger partial charge in [0.05, 0.1) is 0 Å². The minimum absolute atomic E-state index is 0.250. The number of halogens is 2. The largest absolute Gasteiger partial charge is 0.397 e. The molecular formula is C4H10F2O. The highest BCUT2D eigenvalue weighted by Crippen LogP contribution is 1.82. The van der Waals surface area contributed by atoms with Crippen molar-refractivity contribution in [3.8, 4) is 0 Å². The third-order valence-electron chi connectivity index (χ3n) is 0. The van der Waals surface area contributed by atoms with Gasteiger partial charge in [0, 0.05) is 6.61 Å². The number of rotatable bonds is 0. The minimum atomic E-state index is -2.17. The van der Waals surface area contributed by atoms with Gasteiger partial charge in [-0.15, -0.1) is 0 Å². The fourth-order valence-electron chi connectivity index (χ4n) is 0. The van der Waals surface area contributed by atoms with Crippen molar-refractivity contribution < 1.29 is 13.9 Å². The number of alkyl halides is 2. The summed E-state index contributed by atoms with van der Waals surface area (Å²) in [6, 6.07) is 0. The van der Waals surface area contributed by atoms with Crippen molar-refractivity contribution in [2.45, 2.75) is 20.3 Å². The quantitative estimate of drug-likeness (QED) is 0.500. The van der Waals surface area contributed by atoms with Crippen molar-refractivity contribution >= 4 is 0 Å². The molecule has 0 heterocycles. The van der Waals surface area contributed by atoms with Gasteiger partial charge in [0.15, 0.2) is 0 Å². The maximum absolute atomic E-state index is 10.3. The highest BCUT2D eigenvalue weighted by molar-refractivity contribution is 4.06. The molecule has 0 aliphatic rings. The Kier molecular flexibility index (Phi) is 13.2. The van der Waals surface area contributed by atoms with E-state index >= 15 is 0 Å². The molecule has 0 unspecified atom stereocenters. The topological polar surface area (TPSA) is 20.2 Å². The van der Waals surface area contributed by atoms with Crippen LogP contribution in [-0.4, -0.2) is 18.1 Å². The summed E-state index contributed by atoms with van der Waals surface area (Å²) in [4.78, 5) is 0. The molecule has 0 amide bonds. The van der Waals surface area contributed by atoms with E-state index in [0.29, 0.717) is 0 Å². The van der Waals surface area contributed by atoms with Gasteiger partial charge in [0.25, 0.3) is 0 Å². The molecule has 0 radical (unpaired) electrons. The molecule has 0 aliphatic carbocycles. The zero-order chi connectivity index (χ0) is 6.28. The van der Waals surface area contributed by atoms with Gasteiger partial charge in [0.1, 0.15) is 0 Å². The number of aliphatic hydroxyl groups excluding tert-OH is 1. The van der Waals surface area contributed by atoms with Crippen LogP contribution in [0.15, 0.2) is 0 Å². The Morgan fingerprint density at radius 1 is 1.57 bits per heavy atom. The zero-order valence-electron chi connectivity index (χ0n) is 4.49. The van der Waals surface area contributed by atoms with Crippen LogP contribution in [0.3, 0.4) is 0 Å². The van der Waals surface area contributed by atoms with Gasteiger partial charge in [0.2, 0.25) is 6.43 Å². The average molecular weight is 112 g/mol. The summed E-state index contributed by atoms with van der Waals surface area (Å²) in [6.07, 6.45) is -2.17. The SMILES string of the molecule is CC(F)F.CCO. The van der Waals surface area contributed by atoms with Gasteiger partial charge in [-0.25, -0.2) is 8.78 Å². The standard InChI is InChI=1S/C2H4F2.C2H6O/c1-2(3)4;1-2-3/h2H,1H3;3H,2H2,1H3. The maximum atomic E-state index is 10.3. The Morgan fingerprint density at radius 3 is 1.57 bits per heavy atom. The highest BCUT2D eigenvalue weighted by Gasteiger charge is 1.79. The summed E-state index contributed by atoms with van der Waals surface area (Å²) < 4.78 is 20.7. The van der Waals surface area contributed by atoms with Gasteiger partial charge in [-0.05, 0) is 13.8 Å². The van der Waals surface area contributed by atoms with Crippen LogP contribution in [0.2, 0.25) is 0 Å². The first-order chi connectivity index (χ1) is 3.15. The third kappa shape index (κ3) is 2620. The first-order valence-electron chi connectivity index (χ1n) is 2.04. The number of aliphatic hydroxyl groups is 1. The van der Waals surface area contributed by atoms with Crippen LogP contribution in [0.25, 0.3) is 0 Å². The molecule has 1 N–H and O–H groups in total. The van der Waals surface area contributed by atoms with Crippen molar-refractivity contribution in [2.24, 2.45) is 0 Å². The summed E-state index contributed by atoms with van der Waals surface area (Å²) in [5, 5.41) is 7.57. The van der Waals surface area contributed by atoms with E-state index in [1.54, 1.807) is 6.92 Å². The second kappa shape index (κ2) is 9.27. The molecule has 46 valence electrons. The van der Waals surface area contributed by atoms with E-state index in [1.165, 1.54) is 0 Å². The molecular weight excluding hydrogens is 102 g/mol. The van der Waals surface area contributed by atoms with E-state index in [9.17, 15) is 8.78 Å². The van der Waals surface area contributed by atoms with Gasteiger partial charge in [-0.2, -0.15) is 0 Å². The first kappa shape index (κ1) is 9.94.